The van der Waals surface area contributed by atoms with Gasteiger partial charge in [0.2, 0.25) is 0 Å². The van der Waals surface area contributed by atoms with Gasteiger partial charge in [-0.3, -0.25) is 4.79 Å². The minimum Gasteiger partial charge on any atom is -0.507 e. The molecule has 1 fully saturated rings. The lowest BCUT2D eigenvalue weighted by atomic mass is 9.87. The largest absolute Gasteiger partial charge is 0.507 e. The van der Waals surface area contributed by atoms with Crippen LogP contribution >= 0.6 is 0 Å². The SMILES string of the molecule is COc1cc(C2CC(=O)c3c(O)cc(O)c(C4OC(CO)C(O)C(O)C4O)c3O2)ccc1O. The molecule has 0 amide bonds. The van der Waals surface area contributed by atoms with Crippen molar-refractivity contribution < 1.29 is 54.8 Å². The van der Waals surface area contributed by atoms with Crippen molar-refractivity contribution in [2.45, 2.75) is 43.0 Å². The monoisotopic (exact) mass is 464 g/mol. The van der Waals surface area contributed by atoms with E-state index in [1.807, 2.05) is 0 Å². The number of benzene rings is 2. The Balaban J connectivity index is 1.81. The molecule has 7 N–H and O–H groups in total. The smallest absolute Gasteiger partial charge is 0.174 e. The maximum Gasteiger partial charge on any atom is 0.174 e. The standard InChI is InChI=1S/C22H24O11/c1-31-14-4-8(2-3-9(14)24)13-6-12(27)16-10(25)5-11(26)17(21(16)32-13)22-20(30)19(29)18(28)15(7-23)33-22/h2-5,13,15,18-20,22-26,28-30H,6-7H2,1H3. The number of fused-ring (bicyclic) bond motifs is 1. The molecule has 2 heterocycles. The van der Waals surface area contributed by atoms with Gasteiger partial charge in [-0.15, -0.1) is 0 Å². The normalized spacial score (nSPS) is 29.3. The molecule has 2 aliphatic heterocycles. The predicted octanol–water partition coefficient (Wildman–Crippen LogP) is 0.0334. The van der Waals surface area contributed by atoms with Crippen LogP contribution in [0.4, 0.5) is 0 Å². The number of aromatic hydroxyl groups is 3. The average Bonchev–Trinajstić information content (AvgIpc) is 2.78. The van der Waals surface area contributed by atoms with E-state index in [9.17, 15) is 40.5 Å². The molecule has 0 aliphatic carbocycles. The first-order valence-electron chi connectivity index (χ1n) is 10.1. The molecule has 0 saturated carbocycles. The summed E-state index contributed by atoms with van der Waals surface area (Å²) >= 11 is 0. The first-order valence-corrected chi connectivity index (χ1v) is 10.1. The van der Waals surface area contributed by atoms with E-state index in [-0.39, 0.29) is 34.8 Å². The van der Waals surface area contributed by atoms with Crippen molar-refractivity contribution >= 4 is 5.78 Å². The number of aliphatic hydroxyl groups is 4. The van der Waals surface area contributed by atoms with Crippen LogP contribution in [0, 0.1) is 0 Å². The number of phenolic OH excluding ortho intramolecular Hbond substituents is 3. The molecule has 6 unspecified atom stereocenters. The summed E-state index contributed by atoms with van der Waals surface area (Å²) in [6, 6.07) is 5.22. The number of aliphatic hydroxyl groups excluding tert-OH is 4. The second-order valence-electron chi connectivity index (χ2n) is 7.95. The highest BCUT2D eigenvalue weighted by molar-refractivity contribution is 6.03. The quantitative estimate of drug-likeness (QED) is 0.324. The third kappa shape index (κ3) is 3.83. The molecule has 0 radical (unpaired) electrons. The van der Waals surface area contributed by atoms with Gasteiger partial charge in [-0.05, 0) is 17.7 Å². The number of hydrogen-bond donors (Lipinski definition) is 7. The van der Waals surface area contributed by atoms with Crippen molar-refractivity contribution in [1.29, 1.82) is 0 Å². The molecule has 33 heavy (non-hydrogen) atoms. The van der Waals surface area contributed by atoms with Crippen molar-refractivity contribution in [2.24, 2.45) is 0 Å². The zero-order valence-corrected chi connectivity index (χ0v) is 17.5. The Morgan fingerprint density at radius 3 is 2.39 bits per heavy atom. The zero-order chi connectivity index (χ0) is 24.0. The molecule has 1 saturated heterocycles. The van der Waals surface area contributed by atoms with Gasteiger partial charge in [0.1, 0.15) is 59.4 Å². The molecule has 11 heteroatoms. The van der Waals surface area contributed by atoms with E-state index in [1.165, 1.54) is 25.3 Å². The number of Topliss-reactive ketones (excluding diaryl/α,β-unsaturated/α-hetero) is 1. The third-order valence-corrected chi connectivity index (χ3v) is 5.94. The Labute approximate surface area is 187 Å². The molecule has 11 nitrogen and oxygen atoms in total. The van der Waals surface area contributed by atoms with E-state index in [4.69, 9.17) is 14.2 Å². The summed E-state index contributed by atoms with van der Waals surface area (Å²) in [5, 5.41) is 71.0. The van der Waals surface area contributed by atoms with Crippen LogP contribution in [-0.2, 0) is 4.74 Å². The molecule has 0 spiro atoms. The summed E-state index contributed by atoms with van der Waals surface area (Å²) in [7, 11) is 1.36. The van der Waals surface area contributed by atoms with Crippen LogP contribution in [0.3, 0.4) is 0 Å². The predicted molar refractivity (Wildman–Crippen MR) is 109 cm³/mol. The molecule has 4 rings (SSSR count). The van der Waals surface area contributed by atoms with E-state index < -0.39 is 60.5 Å². The summed E-state index contributed by atoms with van der Waals surface area (Å²) in [6.45, 7) is -0.696. The molecule has 2 aromatic rings. The van der Waals surface area contributed by atoms with E-state index >= 15 is 0 Å². The van der Waals surface area contributed by atoms with Gasteiger partial charge in [-0.1, -0.05) is 6.07 Å². The fourth-order valence-electron chi connectivity index (χ4n) is 4.19. The van der Waals surface area contributed by atoms with Crippen LogP contribution in [-0.4, -0.2) is 79.7 Å². The summed E-state index contributed by atoms with van der Waals surface area (Å²) in [5.74, 6) is -1.93. The first-order chi connectivity index (χ1) is 15.7. The molecule has 178 valence electrons. The van der Waals surface area contributed by atoms with Gasteiger partial charge in [0, 0.05) is 6.07 Å². The Hall–Kier alpha value is -3.09. The Bertz CT molecular complexity index is 1070. The van der Waals surface area contributed by atoms with Crippen molar-refractivity contribution in [3.05, 3.63) is 41.0 Å². The van der Waals surface area contributed by atoms with Gasteiger partial charge in [0.25, 0.3) is 0 Å². The number of rotatable bonds is 4. The molecule has 2 aromatic carbocycles. The zero-order valence-electron chi connectivity index (χ0n) is 17.5. The molecule has 6 atom stereocenters. The topological polar surface area (TPSA) is 186 Å². The van der Waals surface area contributed by atoms with Crippen LogP contribution < -0.4 is 9.47 Å². The van der Waals surface area contributed by atoms with Crippen LogP contribution in [0.2, 0.25) is 0 Å². The van der Waals surface area contributed by atoms with Gasteiger partial charge < -0.3 is 50.0 Å². The number of phenols is 3. The average molecular weight is 464 g/mol. The van der Waals surface area contributed by atoms with E-state index in [1.54, 1.807) is 0 Å². The molecule has 0 aromatic heterocycles. The summed E-state index contributed by atoms with van der Waals surface area (Å²) < 4.78 is 16.6. The van der Waals surface area contributed by atoms with Crippen molar-refractivity contribution in [3.8, 4) is 28.7 Å². The number of ether oxygens (including phenoxy) is 3. The van der Waals surface area contributed by atoms with Crippen molar-refractivity contribution in [1.82, 2.24) is 0 Å². The maximum atomic E-state index is 12.9. The summed E-state index contributed by atoms with van der Waals surface area (Å²) in [6.07, 6.45) is -8.99. The van der Waals surface area contributed by atoms with Gasteiger partial charge >= 0.3 is 0 Å². The van der Waals surface area contributed by atoms with E-state index in [0.29, 0.717) is 5.56 Å². The fourth-order valence-corrected chi connectivity index (χ4v) is 4.19. The fraction of sp³-hybridized carbons (Fsp3) is 0.409. The van der Waals surface area contributed by atoms with E-state index in [0.717, 1.165) is 6.07 Å². The highest BCUT2D eigenvalue weighted by Gasteiger charge is 2.47. The summed E-state index contributed by atoms with van der Waals surface area (Å²) in [5.41, 5.74) is -0.0310. The molecular weight excluding hydrogens is 440 g/mol. The Morgan fingerprint density at radius 2 is 1.73 bits per heavy atom. The minimum absolute atomic E-state index is 0.124. The maximum absolute atomic E-state index is 12.9. The van der Waals surface area contributed by atoms with Gasteiger partial charge in [0.05, 0.1) is 25.7 Å². The summed E-state index contributed by atoms with van der Waals surface area (Å²) in [4.78, 5) is 12.9. The van der Waals surface area contributed by atoms with Gasteiger partial charge in [-0.2, -0.15) is 0 Å². The van der Waals surface area contributed by atoms with Crippen LogP contribution in [0.25, 0.3) is 0 Å². The second kappa shape index (κ2) is 8.69. The van der Waals surface area contributed by atoms with Crippen molar-refractivity contribution in [2.75, 3.05) is 13.7 Å². The van der Waals surface area contributed by atoms with E-state index in [2.05, 4.69) is 0 Å². The lowest BCUT2D eigenvalue weighted by molar-refractivity contribution is -0.232. The molecule has 2 aliphatic rings. The minimum atomic E-state index is -1.75. The second-order valence-corrected chi connectivity index (χ2v) is 7.95. The number of carbonyl (C=O) groups is 1. The molecule has 0 bridgehead atoms. The van der Waals surface area contributed by atoms with Gasteiger partial charge in [0.15, 0.2) is 17.3 Å². The first kappa shape index (κ1) is 23.1. The Kier molecular flexibility index (Phi) is 6.08. The number of carbonyl (C=O) groups excluding carboxylic acids is 1. The lowest BCUT2D eigenvalue weighted by Gasteiger charge is -2.41. The molecular formula is C22H24O11. The Morgan fingerprint density at radius 1 is 1.00 bits per heavy atom. The number of hydrogen-bond acceptors (Lipinski definition) is 11. The van der Waals surface area contributed by atoms with Crippen LogP contribution in [0.1, 0.15) is 40.1 Å². The highest BCUT2D eigenvalue weighted by Crippen LogP contribution is 2.50. The van der Waals surface area contributed by atoms with Crippen LogP contribution in [0.5, 0.6) is 28.7 Å². The van der Waals surface area contributed by atoms with Crippen LogP contribution in [0.15, 0.2) is 24.3 Å². The number of methoxy groups -OCH3 is 1. The number of ketones is 1. The van der Waals surface area contributed by atoms with Crippen molar-refractivity contribution in [3.63, 3.8) is 0 Å². The third-order valence-electron chi connectivity index (χ3n) is 5.94. The van der Waals surface area contributed by atoms with Gasteiger partial charge in [-0.25, -0.2) is 0 Å². The highest BCUT2D eigenvalue weighted by atomic mass is 16.5. The lowest BCUT2D eigenvalue weighted by Crippen LogP contribution is -2.55.